The highest BCUT2D eigenvalue weighted by molar-refractivity contribution is 5.36. The van der Waals surface area contributed by atoms with E-state index in [9.17, 15) is 25.1 Å². The maximum absolute atomic E-state index is 12.4. The summed E-state index contributed by atoms with van der Waals surface area (Å²) in [6.45, 7) is 3.21. The molecule has 4 aliphatic rings. The third-order valence-corrected chi connectivity index (χ3v) is 11.5. The van der Waals surface area contributed by atoms with E-state index in [1.807, 2.05) is 6.07 Å². The molecule has 0 bridgehead atoms. The minimum atomic E-state index is -1.44. The first-order valence-corrected chi connectivity index (χ1v) is 14.6. The Morgan fingerprint density at radius 2 is 1.77 bits per heavy atom. The number of hydrogen-bond donors (Lipinski definition) is 2. The van der Waals surface area contributed by atoms with Crippen molar-refractivity contribution in [1.82, 2.24) is 0 Å². The van der Waals surface area contributed by atoms with Gasteiger partial charge in [-0.3, -0.25) is 10.1 Å². The lowest BCUT2D eigenvalue weighted by Gasteiger charge is -2.63. The van der Waals surface area contributed by atoms with Gasteiger partial charge in [0, 0.05) is 23.6 Å². The van der Waals surface area contributed by atoms with Crippen molar-refractivity contribution in [3.8, 4) is 5.75 Å². The molecular formula is C31H39NO8. The molecule has 1 unspecified atom stereocenters. The van der Waals surface area contributed by atoms with Crippen molar-refractivity contribution in [1.29, 1.82) is 0 Å². The van der Waals surface area contributed by atoms with E-state index in [2.05, 4.69) is 13.8 Å². The van der Waals surface area contributed by atoms with Crippen LogP contribution in [0.3, 0.4) is 0 Å². The number of nitro benzene ring substituents is 1. The third-order valence-electron chi connectivity index (χ3n) is 11.5. The van der Waals surface area contributed by atoms with Crippen LogP contribution in [0.5, 0.6) is 5.75 Å². The number of benzene rings is 1. The second-order valence-electron chi connectivity index (χ2n) is 13.1. The summed E-state index contributed by atoms with van der Waals surface area (Å²) in [5.74, 6) is 1.59. The fourth-order valence-corrected chi connectivity index (χ4v) is 9.37. The van der Waals surface area contributed by atoms with Crippen molar-refractivity contribution >= 4 is 5.69 Å². The number of nitrogens with zero attached hydrogens (tertiary/aromatic N) is 1. The van der Waals surface area contributed by atoms with Gasteiger partial charge in [0.15, 0.2) is 0 Å². The van der Waals surface area contributed by atoms with Gasteiger partial charge in [-0.05, 0) is 111 Å². The molecule has 40 heavy (non-hydrogen) atoms. The van der Waals surface area contributed by atoms with Gasteiger partial charge in [-0.15, -0.1) is 0 Å². The Labute approximate surface area is 233 Å². The van der Waals surface area contributed by atoms with E-state index in [0.717, 1.165) is 63.4 Å². The molecule has 9 nitrogen and oxygen atoms in total. The standard InChI is InChI=1S/C31H39NO8/c1-29-14-11-23(40-28(34)39-22-7-5-21(6-8-22)32(36)37)17-20(29)4-9-26-25(29)12-15-30(2)24(13-16-31(26,30)35)19-3-10-27(33)38-18-19/h3,5-8,10,18,20,23-26,28,34-35H,4,9,11-17H2,1-2H3/t20-,23+,24-,25+,26-,28?,29+,30-,31+/m1/s1. The first kappa shape index (κ1) is 27.4. The lowest BCUT2D eigenvalue weighted by atomic mass is 9.43. The van der Waals surface area contributed by atoms with Crippen LogP contribution >= 0.6 is 0 Å². The van der Waals surface area contributed by atoms with Crippen LogP contribution in [0.2, 0.25) is 0 Å². The zero-order valence-electron chi connectivity index (χ0n) is 23.2. The first-order chi connectivity index (χ1) is 19.0. The molecule has 2 aromatic rings. The number of non-ortho nitro benzene ring substituents is 1. The lowest BCUT2D eigenvalue weighted by Crippen LogP contribution is -2.62. The smallest absolute Gasteiger partial charge is 0.335 e. The fraction of sp³-hybridized carbons (Fsp3) is 0.645. The minimum absolute atomic E-state index is 0.0424. The topological polar surface area (TPSA) is 132 Å². The molecule has 0 spiro atoms. The first-order valence-electron chi connectivity index (χ1n) is 14.6. The van der Waals surface area contributed by atoms with Gasteiger partial charge in [0.1, 0.15) is 5.75 Å². The normalized spacial score (nSPS) is 39.5. The summed E-state index contributed by atoms with van der Waals surface area (Å²) in [5.41, 5.74) is -0.268. The Balaban J connectivity index is 1.12. The number of ether oxygens (including phenoxy) is 2. The number of rotatable bonds is 6. The van der Waals surface area contributed by atoms with Crippen molar-refractivity contribution < 1.29 is 29.0 Å². The van der Waals surface area contributed by atoms with Crippen LogP contribution in [0.25, 0.3) is 0 Å². The molecule has 0 amide bonds. The quantitative estimate of drug-likeness (QED) is 0.271. The van der Waals surface area contributed by atoms with E-state index < -0.39 is 17.0 Å². The Hall–Kier alpha value is -2.75. The minimum Gasteiger partial charge on any atom is -0.441 e. The zero-order valence-corrected chi connectivity index (χ0v) is 23.2. The predicted molar refractivity (Wildman–Crippen MR) is 146 cm³/mol. The summed E-state index contributed by atoms with van der Waals surface area (Å²) < 4.78 is 16.6. The number of fused-ring (bicyclic) bond motifs is 5. The van der Waals surface area contributed by atoms with Crippen LogP contribution in [0.15, 0.2) is 51.9 Å². The number of aliphatic hydroxyl groups is 2. The Morgan fingerprint density at radius 1 is 1.00 bits per heavy atom. The molecule has 0 saturated heterocycles. The van der Waals surface area contributed by atoms with Gasteiger partial charge < -0.3 is 24.1 Å². The summed E-state index contributed by atoms with van der Waals surface area (Å²) in [6, 6.07) is 8.93. The van der Waals surface area contributed by atoms with Gasteiger partial charge in [-0.2, -0.15) is 0 Å². The van der Waals surface area contributed by atoms with Gasteiger partial charge in [0.25, 0.3) is 5.69 Å². The SMILES string of the molecule is C[C@]12CC[C@H](OC(O)Oc3ccc([N+](=O)[O-])cc3)C[C@H]1CC[C@@H]1[C@@H]2CC[C@]2(C)[C@@H](c3ccc(=O)oc3)CC[C@]12O. The molecule has 9 atom stereocenters. The Kier molecular flexibility index (Phi) is 6.83. The van der Waals surface area contributed by atoms with Crippen molar-refractivity contribution in [2.75, 3.05) is 0 Å². The molecule has 4 aliphatic carbocycles. The van der Waals surface area contributed by atoms with Crippen molar-refractivity contribution in [2.45, 2.75) is 95.7 Å². The molecule has 9 heteroatoms. The maximum atomic E-state index is 12.4. The predicted octanol–water partition coefficient (Wildman–Crippen LogP) is 5.53. The van der Waals surface area contributed by atoms with Crippen LogP contribution in [0, 0.1) is 38.7 Å². The van der Waals surface area contributed by atoms with Gasteiger partial charge in [-0.1, -0.05) is 13.8 Å². The molecule has 216 valence electrons. The summed E-state index contributed by atoms with van der Waals surface area (Å²) >= 11 is 0. The van der Waals surface area contributed by atoms with Gasteiger partial charge >= 0.3 is 12.1 Å². The summed E-state index contributed by atoms with van der Waals surface area (Å²) in [6.07, 6.45) is 9.73. The molecule has 4 fully saturated rings. The van der Waals surface area contributed by atoms with Gasteiger partial charge in [0.05, 0.1) is 22.9 Å². The number of aliphatic hydroxyl groups excluding tert-OH is 1. The molecule has 2 N–H and O–H groups in total. The van der Waals surface area contributed by atoms with E-state index in [-0.39, 0.29) is 40.1 Å². The zero-order chi connectivity index (χ0) is 28.3. The molecule has 1 heterocycles. The van der Waals surface area contributed by atoms with Gasteiger partial charge in [-0.25, -0.2) is 4.79 Å². The number of hydrogen-bond acceptors (Lipinski definition) is 8. The second kappa shape index (κ2) is 9.96. The highest BCUT2D eigenvalue weighted by Crippen LogP contribution is 2.70. The van der Waals surface area contributed by atoms with Crippen LogP contribution in [-0.2, 0) is 4.74 Å². The summed E-state index contributed by atoms with van der Waals surface area (Å²) in [5, 5.41) is 33.7. The van der Waals surface area contributed by atoms with Crippen LogP contribution in [0.4, 0.5) is 5.69 Å². The number of nitro groups is 1. The molecule has 6 rings (SSSR count). The molecule has 4 saturated carbocycles. The average Bonchev–Trinajstić information content (AvgIpc) is 3.20. The highest BCUT2D eigenvalue weighted by Gasteiger charge is 2.67. The van der Waals surface area contributed by atoms with E-state index in [1.165, 1.54) is 30.3 Å². The Bertz CT molecular complexity index is 1290. The van der Waals surface area contributed by atoms with E-state index >= 15 is 0 Å². The van der Waals surface area contributed by atoms with Crippen LogP contribution in [-0.4, -0.2) is 33.3 Å². The highest BCUT2D eigenvalue weighted by atomic mass is 16.8. The largest absolute Gasteiger partial charge is 0.441 e. The van der Waals surface area contributed by atoms with E-state index in [4.69, 9.17) is 13.9 Å². The summed E-state index contributed by atoms with van der Waals surface area (Å²) in [4.78, 5) is 21.9. The maximum Gasteiger partial charge on any atom is 0.335 e. The second-order valence-corrected chi connectivity index (χ2v) is 13.1. The fourth-order valence-electron chi connectivity index (χ4n) is 9.37. The van der Waals surface area contributed by atoms with Crippen molar-refractivity contribution in [3.05, 3.63) is 68.8 Å². The third kappa shape index (κ3) is 4.37. The lowest BCUT2D eigenvalue weighted by molar-refractivity contribution is -0.384. The van der Waals surface area contributed by atoms with Gasteiger partial charge in [0.2, 0.25) is 0 Å². The molecule has 0 aliphatic heterocycles. The van der Waals surface area contributed by atoms with Crippen molar-refractivity contribution in [3.63, 3.8) is 0 Å². The van der Waals surface area contributed by atoms with E-state index in [1.54, 1.807) is 6.26 Å². The monoisotopic (exact) mass is 553 g/mol. The molecule has 1 aromatic carbocycles. The Morgan fingerprint density at radius 3 is 2.48 bits per heavy atom. The average molecular weight is 554 g/mol. The molecule has 0 radical (unpaired) electrons. The van der Waals surface area contributed by atoms with Crippen molar-refractivity contribution in [2.24, 2.45) is 28.6 Å². The summed E-state index contributed by atoms with van der Waals surface area (Å²) in [7, 11) is 0. The molecule has 1 aromatic heterocycles. The van der Waals surface area contributed by atoms with E-state index in [0.29, 0.717) is 17.6 Å². The van der Waals surface area contributed by atoms with Crippen LogP contribution < -0.4 is 10.4 Å². The van der Waals surface area contributed by atoms with Crippen LogP contribution in [0.1, 0.15) is 83.1 Å². The molecular weight excluding hydrogens is 514 g/mol.